The zero-order chi connectivity index (χ0) is 16.5. The van der Waals surface area contributed by atoms with Crippen molar-refractivity contribution < 1.29 is 4.79 Å². The summed E-state index contributed by atoms with van der Waals surface area (Å²) >= 11 is 0. The quantitative estimate of drug-likeness (QED) is 0.414. The number of carbonyl (C=O) groups is 1. The molecule has 1 amide bonds. The van der Waals surface area contributed by atoms with Crippen LogP contribution in [0.4, 0.5) is 0 Å². The molecule has 0 unspecified atom stereocenters. The number of carbonyl (C=O) groups excluding carboxylic acids is 1. The average Bonchev–Trinajstić information content (AvgIpc) is 2.59. The first kappa shape index (κ1) is 17.2. The molecular weight excluding hydrogens is 284 g/mol. The van der Waals surface area contributed by atoms with Gasteiger partial charge in [0.2, 0.25) is 5.91 Å². The molecule has 0 atom stereocenters. The van der Waals surface area contributed by atoms with E-state index in [2.05, 4.69) is 41.7 Å². The van der Waals surface area contributed by atoms with Gasteiger partial charge in [-0.25, -0.2) is 5.43 Å². The fourth-order valence-corrected chi connectivity index (χ4v) is 2.57. The summed E-state index contributed by atoms with van der Waals surface area (Å²) in [5, 5.41) is 6.62. The van der Waals surface area contributed by atoms with Gasteiger partial charge in [0.15, 0.2) is 0 Å². The lowest BCUT2D eigenvalue weighted by atomic mass is 10.0. The molecule has 0 fully saturated rings. The standard InChI is InChI=1S/C20H26N2O/c1-3-4-5-6-7-12-20(23)22-21-16(2)18-14-13-17-10-8-9-11-19(17)15-18/h8-11,13-15H,3-7,12H2,1-2H3,(H,22,23). The Morgan fingerprint density at radius 2 is 1.74 bits per heavy atom. The van der Waals surface area contributed by atoms with Crippen molar-refractivity contribution in [3.05, 3.63) is 48.0 Å². The highest BCUT2D eigenvalue weighted by atomic mass is 16.2. The second-order valence-electron chi connectivity index (χ2n) is 5.96. The van der Waals surface area contributed by atoms with Gasteiger partial charge in [-0.05, 0) is 35.7 Å². The summed E-state index contributed by atoms with van der Waals surface area (Å²) in [6.07, 6.45) is 6.30. The second kappa shape index (κ2) is 9.09. The number of nitrogens with zero attached hydrogens (tertiary/aromatic N) is 1. The summed E-state index contributed by atoms with van der Waals surface area (Å²) in [6.45, 7) is 4.11. The molecule has 0 aliphatic carbocycles. The average molecular weight is 310 g/mol. The minimum absolute atomic E-state index is 0.00152. The Morgan fingerprint density at radius 3 is 2.52 bits per heavy atom. The number of fused-ring (bicyclic) bond motifs is 1. The summed E-state index contributed by atoms with van der Waals surface area (Å²) in [5.74, 6) is 0.00152. The lowest BCUT2D eigenvalue weighted by molar-refractivity contribution is -0.121. The van der Waals surface area contributed by atoms with E-state index in [1.807, 2.05) is 25.1 Å². The van der Waals surface area contributed by atoms with Crippen molar-refractivity contribution in [3.8, 4) is 0 Å². The van der Waals surface area contributed by atoms with Gasteiger partial charge in [0.25, 0.3) is 0 Å². The Hall–Kier alpha value is -2.16. The van der Waals surface area contributed by atoms with E-state index in [0.29, 0.717) is 6.42 Å². The molecule has 3 heteroatoms. The van der Waals surface area contributed by atoms with E-state index >= 15 is 0 Å². The summed E-state index contributed by atoms with van der Waals surface area (Å²) in [5.41, 5.74) is 4.53. The van der Waals surface area contributed by atoms with Crippen LogP contribution >= 0.6 is 0 Å². The van der Waals surface area contributed by atoms with Crippen molar-refractivity contribution in [2.45, 2.75) is 52.4 Å². The van der Waals surface area contributed by atoms with E-state index in [-0.39, 0.29) is 5.91 Å². The van der Waals surface area contributed by atoms with Crippen LogP contribution < -0.4 is 5.43 Å². The maximum atomic E-state index is 11.8. The summed E-state index contributed by atoms with van der Waals surface area (Å²) in [7, 11) is 0. The number of unbranched alkanes of at least 4 members (excludes halogenated alkanes) is 4. The molecule has 23 heavy (non-hydrogen) atoms. The zero-order valence-electron chi connectivity index (χ0n) is 14.1. The number of benzene rings is 2. The third-order valence-electron chi connectivity index (χ3n) is 4.02. The monoisotopic (exact) mass is 310 g/mol. The molecular formula is C20H26N2O. The van der Waals surface area contributed by atoms with Crippen LogP contribution in [0.5, 0.6) is 0 Å². The molecule has 0 heterocycles. The summed E-state index contributed by atoms with van der Waals surface area (Å²) < 4.78 is 0. The predicted octanol–water partition coefficient (Wildman–Crippen LogP) is 5.04. The van der Waals surface area contributed by atoms with Gasteiger partial charge in [-0.15, -0.1) is 0 Å². The Kier molecular flexibility index (Phi) is 6.79. The maximum absolute atomic E-state index is 11.8. The Bertz CT molecular complexity index is 676. The van der Waals surface area contributed by atoms with Gasteiger partial charge >= 0.3 is 0 Å². The Labute approximate surface area is 138 Å². The van der Waals surface area contributed by atoms with Crippen molar-refractivity contribution in [1.82, 2.24) is 5.43 Å². The molecule has 0 radical (unpaired) electrons. The smallest absolute Gasteiger partial charge is 0.240 e. The van der Waals surface area contributed by atoms with Crippen LogP contribution in [0.15, 0.2) is 47.6 Å². The van der Waals surface area contributed by atoms with Gasteiger partial charge in [-0.2, -0.15) is 5.10 Å². The number of hydrogen-bond acceptors (Lipinski definition) is 2. The van der Waals surface area contributed by atoms with Crippen molar-refractivity contribution >= 4 is 22.4 Å². The number of rotatable bonds is 8. The zero-order valence-corrected chi connectivity index (χ0v) is 14.1. The molecule has 2 aromatic carbocycles. The largest absolute Gasteiger partial charge is 0.273 e. The first-order valence-electron chi connectivity index (χ1n) is 8.53. The predicted molar refractivity (Wildman–Crippen MR) is 97.7 cm³/mol. The van der Waals surface area contributed by atoms with Gasteiger partial charge in [0.05, 0.1) is 5.71 Å². The third-order valence-corrected chi connectivity index (χ3v) is 4.02. The number of nitrogens with one attached hydrogen (secondary N) is 1. The SMILES string of the molecule is CCCCCCCC(=O)NN=C(C)c1ccc2ccccc2c1. The highest BCUT2D eigenvalue weighted by molar-refractivity contribution is 6.02. The van der Waals surface area contributed by atoms with Gasteiger partial charge < -0.3 is 0 Å². The summed E-state index contributed by atoms with van der Waals surface area (Å²) in [6, 6.07) is 14.5. The van der Waals surface area contributed by atoms with Crippen molar-refractivity contribution in [3.63, 3.8) is 0 Å². The fraction of sp³-hybridized carbons (Fsp3) is 0.400. The van der Waals surface area contributed by atoms with Crippen LogP contribution in [-0.2, 0) is 4.79 Å². The molecule has 0 aliphatic heterocycles. The minimum Gasteiger partial charge on any atom is -0.273 e. The van der Waals surface area contributed by atoms with E-state index in [1.54, 1.807) is 0 Å². The molecule has 0 aliphatic rings. The van der Waals surface area contributed by atoms with E-state index in [0.717, 1.165) is 24.1 Å². The maximum Gasteiger partial charge on any atom is 0.240 e. The van der Waals surface area contributed by atoms with E-state index < -0.39 is 0 Å². The normalized spacial score (nSPS) is 11.7. The number of hydrazone groups is 1. The Morgan fingerprint density at radius 1 is 1.00 bits per heavy atom. The van der Waals surface area contributed by atoms with Crippen molar-refractivity contribution in [1.29, 1.82) is 0 Å². The molecule has 2 aromatic rings. The molecule has 2 rings (SSSR count). The second-order valence-corrected chi connectivity index (χ2v) is 5.96. The van der Waals surface area contributed by atoms with E-state index in [4.69, 9.17) is 0 Å². The lowest BCUT2D eigenvalue weighted by Gasteiger charge is -2.05. The van der Waals surface area contributed by atoms with Crippen LogP contribution in [0.2, 0.25) is 0 Å². The van der Waals surface area contributed by atoms with Crippen molar-refractivity contribution in [2.75, 3.05) is 0 Å². The van der Waals surface area contributed by atoms with Gasteiger partial charge in [0.1, 0.15) is 0 Å². The molecule has 0 bridgehead atoms. The lowest BCUT2D eigenvalue weighted by Crippen LogP contribution is -2.18. The van der Waals surface area contributed by atoms with Crippen LogP contribution in [0.25, 0.3) is 10.8 Å². The fourth-order valence-electron chi connectivity index (χ4n) is 2.57. The minimum atomic E-state index is 0.00152. The van der Waals surface area contributed by atoms with Gasteiger partial charge in [-0.3, -0.25) is 4.79 Å². The van der Waals surface area contributed by atoms with Crippen LogP contribution in [-0.4, -0.2) is 11.6 Å². The first-order valence-corrected chi connectivity index (χ1v) is 8.53. The topological polar surface area (TPSA) is 41.5 Å². The van der Waals surface area contributed by atoms with E-state index in [9.17, 15) is 4.79 Å². The Balaban J connectivity index is 1.87. The highest BCUT2D eigenvalue weighted by Crippen LogP contribution is 2.16. The molecule has 0 saturated heterocycles. The van der Waals surface area contributed by atoms with Crippen LogP contribution in [0.1, 0.15) is 57.9 Å². The molecule has 3 nitrogen and oxygen atoms in total. The van der Waals surface area contributed by atoms with Crippen LogP contribution in [0.3, 0.4) is 0 Å². The molecule has 0 aromatic heterocycles. The summed E-state index contributed by atoms with van der Waals surface area (Å²) in [4.78, 5) is 11.8. The first-order chi connectivity index (χ1) is 11.2. The molecule has 1 N–H and O–H groups in total. The number of hydrogen-bond donors (Lipinski definition) is 1. The van der Waals surface area contributed by atoms with E-state index in [1.165, 1.54) is 30.0 Å². The van der Waals surface area contributed by atoms with Gasteiger partial charge in [0, 0.05) is 6.42 Å². The van der Waals surface area contributed by atoms with Gasteiger partial charge in [-0.1, -0.05) is 69.0 Å². The molecule has 122 valence electrons. The van der Waals surface area contributed by atoms with Crippen LogP contribution in [0, 0.1) is 0 Å². The highest BCUT2D eigenvalue weighted by Gasteiger charge is 2.02. The molecule has 0 saturated carbocycles. The third kappa shape index (κ3) is 5.51. The van der Waals surface area contributed by atoms with Crippen molar-refractivity contribution in [2.24, 2.45) is 5.10 Å². The number of amides is 1. The molecule has 0 spiro atoms.